The molecule has 1 atom stereocenters. The van der Waals surface area contributed by atoms with Crippen LogP contribution in [0.1, 0.15) is 19.4 Å². The predicted octanol–water partition coefficient (Wildman–Crippen LogP) is 2.62. The second-order valence-corrected chi connectivity index (χ2v) is 7.72. The fourth-order valence-corrected chi connectivity index (χ4v) is 2.99. The van der Waals surface area contributed by atoms with E-state index in [1.165, 1.54) is 11.8 Å². The number of nitrogens with one attached hydrogen (secondary N) is 1. The van der Waals surface area contributed by atoms with Crippen molar-refractivity contribution in [3.63, 3.8) is 0 Å². The summed E-state index contributed by atoms with van der Waals surface area (Å²) in [5.74, 6) is -1.14. The molecule has 0 aromatic heterocycles. The van der Waals surface area contributed by atoms with E-state index in [-0.39, 0.29) is 11.7 Å². The molecule has 116 valence electrons. The van der Waals surface area contributed by atoms with Crippen molar-refractivity contribution in [1.82, 2.24) is 0 Å². The van der Waals surface area contributed by atoms with E-state index in [0.717, 1.165) is 10.0 Å². The zero-order chi connectivity index (χ0) is 16.2. The first-order chi connectivity index (χ1) is 9.63. The highest BCUT2D eigenvalue weighted by molar-refractivity contribution is 9.10. The molecule has 0 saturated heterocycles. The third kappa shape index (κ3) is 5.33. The molecular weight excluding hydrogens is 356 g/mol. The molecule has 0 radical (unpaired) electrons. The van der Waals surface area contributed by atoms with Crippen LogP contribution in [0.5, 0.6) is 0 Å². The van der Waals surface area contributed by atoms with Gasteiger partial charge in [0.2, 0.25) is 5.91 Å². The number of aliphatic carboxylic acids is 1. The number of nitrogens with two attached hydrogens (primary N) is 1. The Balaban J connectivity index is 2.60. The van der Waals surface area contributed by atoms with E-state index in [9.17, 15) is 9.59 Å². The van der Waals surface area contributed by atoms with Gasteiger partial charge in [0.25, 0.3) is 0 Å². The van der Waals surface area contributed by atoms with Gasteiger partial charge in [-0.1, -0.05) is 6.07 Å². The van der Waals surface area contributed by atoms with Gasteiger partial charge in [-0.2, -0.15) is 0 Å². The molecule has 7 heteroatoms. The van der Waals surface area contributed by atoms with Crippen LogP contribution in [0, 0.1) is 6.92 Å². The summed E-state index contributed by atoms with van der Waals surface area (Å²) in [6.45, 7) is 5.39. The van der Waals surface area contributed by atoms with Gasteiger partial charge in [0.15, 0.2) is 0 Å². The standard InChI is InChI=1S/C14H19BrN2O3S/c1-8-4-5-10(9(15)6-8)17-11(18)7-21-14(2,3)12(16)13(19)20/h4-6,12H,7,16H2,1-3H3,(H,17,18)(H,19,20)/t12-/m1/s1. The predicted molar refractivity (Wildman–Crippen MR) is 89.7 cm³/mol. The molecule has 0 aliphatic carbocycles. The molecule has 0 spiro atoms. The topological polar surface area (TPSA) is 92.4 Å². The van der Waals surface area contributed by atoms with Crippen LogP contribution in [0.25, 0.3) is 0 Å². The SMILES string of the molecule is Cc1ccc(NC(=O)CSC(C)(C)[C@H](N)C(=O)O)c(Br)c1. The first kappa shape index (κ1) is 18.0. The van der Waals surface area contributed by atoms with Crippen LogP contribution in [0.15, 0.2) is 22.7 Å². The van der Waals surface area contributed by atoms with E-state index >= 15 is 0 Å². The molecular formula is C14H19BrN2O3S. The van der Waals surface area contributed by atoms with Gasteiger partial charge in [0.05, 0.1) is 11.4 Å². The molecule has 4 N–H and O–H groups in total. The van der Waals surface area contributed by atoms with E-state index in [2.05, 4.69) is 21.2 Å². The number of hydrogen-bond donors (Lipinski definition) is 3. The van der Waals surface area contributed by atoms with E-state index < -0.39 is 16.8 Å². The number of carboxylic acids is 1. The first-order valence-electron chi connectivity index (χ1n) is 6.32. The number of aryl methyl sites for hydroxylation is 1. The monoisotopic (exact) mass is 374 g/mol. The van der Waals surface area contributed by atoms with Crippen LogP contribution in [0.4, 0.5) is 5.69 Å². The molecule has 1 rings (SSSR count). The van der Waals surface area contributed by atoms with Crippen molar-refractivity contribution in [2.24, 2.45) is 5.73 Å². The lowest BCUT2D eigenvalue weighted by Gasteiger charge is -2.27. The molecule has 5 nitrogen and oxygen atoms in total. The lowest BCUT2D eigenvalue weighted by molar-refractivity contribution is -0.139. The van der Waals surface area contributed by atoms with Crippen molar-refractivity contribution in [2.45, 2.75) is 31.6 Å². The lowest BCUT2D eigenvalue weighted by atomic mass is 10.1. The highest BCUT2D eigenvalue weighted by Gasteiger charge is 2.33. The zero-order valence-electron chi connectivity index (χ0n) is 12.1. The summed E-state index contributed by atoms with van der Waals surface area (Å²) in [5, 5.41) is 11.7. The fraction of sp³-hybridized carbons (Fsp3) is 0.429. The third-order valence-corrected chi connectivity index (χ3v) is 5.05. The number of thioether (sulfide) groups is 1. The number of amides is 1. The molecule has 0 fully saturated rings. The number of carboxylic acid groups (broad SMARTS) is 1. The van der Waals surface area contributed by atoms with Gasteiger partial charge < -0.3 is 16.2 Å². The highest BCUT2D eigenvalue weighted by atomic mass is 79.9. The Labute approximate surface area is 136 Å². The molecule has 1 amide bonds. The maximum atomic E-state index is 11.9. The van der Waals surface area contributed by atoms with Gasteiger partial charge in [-0.05, 0) is 54.4 Å². The third-order valence-electron chi connectivity index (χ3n) is 2.99. The molecule has 1 aromatic rings. The van der Waals surface area contributed by atoms with Crippen molar-refractivity contribution in [3.05, 3.63) is 28.2 Å². The molecule has 0 heterocycles. The average Bonchev–Trinajstić information content (AvgIpc) is 2.39. The van der Waals surface area contributed by atoms with Crippen LogP contribution >= 0.6 is 27.7 Å². The number of carbonyl (C=O) groups is 2. The van der Waals surface area contributed by atoms with Crippen LogP contribution in [-0.4, -0.2) is 33.5 Å². The number of anilines is 1. The van der Waals surface area contributed by atoms with Gasteiger partial charge in [0, 0.05) is 9.22 Å². The van der Waals surface area contributed by atoms with Crippen molar-refractivity contribution < 1.29 is 14.7 Å². The summed E-state index contributed by atoms with van der Waals surface area (Å²) in [4.78, 5) is 22.9. The van der Waals surface area contributed by atoms with Crippen molar-refractivity contribution in [3.8, 4) is 0 Å². The van der Waals surface area contributed by atoms with E-state index in [1.807, 2.05) is 25.1 Å². The average molecular weight is 375 g/mol. The van der Waals surface area contributed by atoms with Gasteiger partial charge in [-0.15, -0.1) is 11.8 Å². The molecule has 0 unspecified atom stereocenters. The number of rotatable bonds is 6. The van der Waals surface area contributed by atoms with Gasteiger partial charge in [-0.25, -0.2) is 0 Å². The lowest BCUT2D eigenvalue weighted by Crippen LogP contribution is -2.47. The number of hydrogen-bond acceptors (Lipinski definition) is 4. The number of benzene rings is 1. The van der Waals surface area contributed by atoms with Crippen LogP contribution in [0.2, 0.25) is 0 Å². The van der Waals surface area contributed by atoms with Gasteiger partial charge in [0.1, 0.15) is 6.04 Å². The summed E-state index contributed by atoms with van der Waals surface area (Å²) >= 11 is 4.61. The van der Waals surface area contributed by atoms with Crippen LogP contribution in [0.3, 0.4) is 0 Å². The Morgan fingerprint density at radius 2 is 2.10 bits per heavy atom. The fourth-order valence-electron chi connectivity index (χ4n) is 1.55. The zero-order valence-corrected chi connectivity index (χ0v) is 14.5. The van der Waals surface area contributed by atoms with Crippen LogP contribution < -0.4 is 11.1 Å². The second kappa shape index (κ2) is 7.29. The highest BCUT2D eigenvalue weighted by Crippen LogP contribution is 2.28. The summed E-state index contributed by atoms with van der Waals surface area (Å²) in [6, 6.07) is 4.60. The Hall–Kier alpha value is -1.05. The molecule has 0 aliphatic rings. The molecule has 1 aromatic carbocycles. The Morgan fingerprint density at radius 3 is 2.62 bits per heavy atom. The Kier molecular flexibility index (Phi) is 6.24. The maximum Gasteiger partial charge on any atom is 0.321 e. The number of halogens is 1. The Bertz CT molecular complexity index is 549. The largest absolute Gasteiger partial charge is 0.480 e. The summed E-state index contributed by atoms with van der Waals surface area (Å²) in [6.07, 6.45) is 0. The summed E-state index contributed by atoms with van der Waals surface area (Å²) in [5.41, 5.74) is 7.39. The number of carbonyl (C=O) groups excluding carboxylic acids is 1. The Morgan fingerprint density at radius 1 is 1.48 bits per heavy atom. The summed E-state index contributed by atoms with van der Waals surface area (Å²) < 4.78 is 0.0792. The maximum absolute atomic E-state index is 11.9. The normalized spacial score (nSPS) is 12.8. The van der Waals surface area contributed by atoms with Crippen molar-refractivity contribution in [2.75, 3.05) is 11.1 Å². The van der Waals surface area contributed by atoms with E-state index in [1.54, 1.807) is 13.8 Å². The quantitative estimate of drug-likeness (QED) is 0.711. The second-order valence-electron chi connectivity index (χ2n) is 5.24. The van der Waals surface area contributed by atoms with Gasteiger partial charge >= 0.3 is 5.97 Å². The van der Waals surface area contributed by atoms with Crippen LogP contribution in [-0.2, 0) is 9.59 Å². The van der Waals surface area contributed by atoms with E-state index in [4.69, 9.17) is 10.8 Å². The van der Waals surface area contributed by atoms with Crippen molar-refractivity contribution >= 4 is 45.3 Å². The first-order valence-corrected chi connectivity index (χ1v) is 8.09. The van der Waals surface area contributed by atoms with Gasteiger partial charge in [-0.3, -0.25) is 9.59 Å². The molecule has 0 bridgehead atoms. The van der Waals surface area contributed by atoms with E-state index in [0.29, 0.717) is 5.69 Å². The summed E-state index contributed by atoms with van der Waals surface area (Å²) in [7, 11) is 0. The molecule has 0 saturated carbocycles. The van der Waals surface area contributed by atoms with Crippen molar-refractivity contribution in [1.29, 1.82) is 0 Å². The minimum absolute atomic E-state index is 0.133. The smallest absolute Gasteiger partial charge is 0.321 e. The minimum Gasteiger partial charge on any atom is -0.480 e. The molecule has 21 heavy (non-hydrogen) atoms. The minimum atomic E-state index is -1.07. The molecule has 0 aliphatic heterocycles.